The minimum atomic E-state index is -0.101. The Bertz CT molecular complexity index is 333. The molecule has 0 heterocycles. The molecular weight excluding hydrogens is 252 g/mol. The second-order valence-corrected chi connectivity index (χ2v) is 5.01. The number of benzene rings is 1. The number of hydrogen-bond acceptors (Lipinski definition) is 1. The normalized spacial score (nSPS) is 12.5. The molecule has 2 heteroatoms. The van der Waals surface area contributed by atoms with Gasteiger partial charge in [-0.1, -0.05) is 48.0 Å². The first-order valence-corrected chi connectivity index (χ1v) is 6.32. The molecule has 0 N–H and O–H groups in total. The van der Waals surface area contributed by atoms with E-state index in [0.29, 0.717) is 0 Å². The molecule has 0 aliphatic rings. The lowest BCUT2D eigenvalue weighted by Gasteiger charge is -2.13. The summed E-state index contributed by atoms with van der Waals surface area (Å²) in [5.74, 6) is 0.198. The van der Waals surface area contributed by atoms with Crippen LogP contribution in [0.5, 0.6) is 0 Å². The van der Waals surface area contributed by atoms with Crippen molar-refractivity contribution in [1.82, 2.24) is 0 Å². The predicted octanol–water partition coefficient (Wildman–Crippen LogP) is 3.78. The van der Waals surface area contributed by atoms with E-state index in [1.807, 2.05) is 25.1 Å². The molecule has 0 bridgehead atoms. The van der Waals surface area contributed by atoms with Crippen molar-refractivity contribution in [2.45, 2.75) is 38.4 Å². The molecular formula is C13H17BrO. The van der Waals surface area contributed by atoms with Crippen molar-refractivity contribution in [1.29, 1.82) is 0 Å². The van der Waals surface area contributed by atoms with Crippen molar-refractivity contribution in [2.75, 3.05) is 0 Å². The van der Waals surface area contributed by atoms with E-state index >= 15 is 0 Å². The highest BCUT2D eigenvalue weighted by molar-refractivity contribution is 9.10. The van der Waals surface area contributed by atoms with Crippen LogP contribution < -0.4 is 0 Å². The van der Waals surface area contributed by atoms with Crippen molar-refractivity contribution < 1.29 is 4.79 Å². The van der Waals surface area contributed by atoms with Gasteiger partial charge in [0.15, 0.2) is 5.78 Å². The van der Waals surface area contributed by atoms with Crippen molar-refractivity contribution >= 4 is 21.7 Å². The number of Topliss-reactive ketones (excluding diaryl/α,β-unsaturated/α-hetero) is 1. The van der Waals surface area contributed by atoms with E-state index in [2.05, 4.69) is 29.8 Å². The van der Waals surface area contributed by atoms with Crippen LogP contribution in [0, 0.1) is 0 Å². The zero-order chi connectivity index (χ0) is 11.4. The molecule has 1 rings (SSSR count). The molecule has 0 amide bonds. The van der Waals surface area contributed by atoms with Gasteiger partial charge in [0.1, 0.15) is 0 Å². The lowest BCUT2D eigenvalue weighted by Crippen LogP contribution is -2.15. The summed E-state index contributed by atoms with van der Waals surface area (Å²) in [7, 11) is 0. The maximum Gasteiger partial charge on any atom is 0.176 e. The van der Waals surface area contributed by atoms with Crippen LogP contribution >= 0.6 is 15.9 Å². The van der Waals surface area contributed by atoms with Gasteiger partial charge in [-0.3, -0.25) is 4.79 Å². The van der Waals surface area contributed by atoms with Crippen molar-refractivity contribution in [2.24, 2.45) is 0 Å². The van der Waals surface area contributed by atoms with Gasteiger partial charge in [-0.15, -0.1) is 0 Å². The van der Waals surface area contributed by atoms with Gasteiger partial charge >= 0.3 is 0 Å². The third kappa shape index (κ3) is 2.69. The molecule has 0 saturated carbocycles. The number of rotatable bonds is 4. The summed E-state index contributed by atoms with van der Waals surface area (Å²) in [4.78, 5) is 12.0. The topological polar surface area (TPSA) is 17.1 Å². The van der Waals surface area contributed by atoms with E-state index in [1.165, 1.54) is 0 Å². The highest BCUT2D eigenvalue weighted by atomic mass is 79.9. The minimum Gasteiger partial charge on any atom is -0.293 e. The number of carbonyl (C=O) groups excluding carboxylic acids is 1. The zero-order valence-electron chi connectivity index (χ0n) is 9.51. The number of halogens is 1. The van der Waals surface area contributed by atoms with Crippen LogP contribution in [0.4, 0.5) is 0 Å². The Morgan fingerprint density at radius 3 is 2.07 bits per heavy atom. The molecule has 0 fully saturated rings. The standard InChI is InChI=1S/C13H17BrO/c1-4-10-7-6-8-11(5-2)12(10)13(15)9(3)14/h6-9H,4-5H2,1-3H3. The van der Waals surface area contributed by atoms with Crippen LogP contribution in [0.2, 0.25) is 0 Å². The molecule has 15 heavy (non-hydrogen) atoms. The summed E-state index contributed by atoms with van der Waals surface area (Å²) in [5, 5.41) is 0. The van der Waals surface area contributed by atoms with Gasteiger partial charge in [-0.25, -0.2) is 0 Å². The Hall–Kier alpha value is -0.630. The fourth-order valence-corrected chi connectivity index (χ4v) is 1.99. The van der Waals surface area contributed by atoms with Crippen LogP contribution in [-0.2, 0) is 12.8 Å². The Morgan fingerprint density at radius 2 is 1.73 bits per heavy atom. The van der Waals surface area contributed by atoms with Gasteiger partial charge in [0.05, 0.1) is 4.83 Å². The summed E-state index contributed by atoms with van der Waals surface area (Å²) in [5.41, 5.74) is 3.24. The molecule has 1 unspecified atom stereocenters. The second kappa shape index (κ2) is 5.45. The summed E-state index contributed by atoms with van der Waals surface area (Å²) >= 11 is 3.35. The van der Waals surface area contributed by atoms with Gasteiger partial charge in [0.2, 0.25) is 0 Å². The predicted molar refractivity (Wildman–Crippen MR) is 67.9 cm³/mol. The van der Waals surface area contributed by atoms with E-state index in [0.717, 1.165) is 29.5 Å². The SMILES string of the molecule is CCc1cccc(CC)c1C(=O)C(C)Br. The van der Waals surface area contributed by atoms with Crippen LogP contribution in [0.3, 0.4) is 0 Å². The Labute approximate surface area is 100 Å². The quantitative estimate of drug-likeness (QED) is 0.600. The van der Waals surface area contributed by atoms with E-state index in [4.69, 9.17) is 0 Å². The van der Waals surface area contributed by atoms with Gasteiger partial charge in [0, 0.05) is 5.56 Å². The Morgan fingerprint density at radius 1 is 1.27 bits per heavy atom. The number of carbonyl (C=O) groups is 1. The van der Waals surface area contributed by atoms with Gasteiger partial charge in [-0.2, -0.15) is 0 Å². The van der Waals surface area contributed by atoms with Crippen LogP contribution in [0.25, 0.3) is 0 Å². The Balaban J connectivity index is 3.28. The largest absolute Gasteiger partial charge is 0.293 e. The molecule has 0 saturated heterocycles. The first-order valence-electron chi connectivity index (χ1n) is 5.40. The number of hydrogen-bond donors (Lipinski definition) is 0. The first kappa shape index (κ1) is 12.4. The van der Waals surface area contributed by atoms with Gasteiger partial charge in [0.25, 0.3) is 0 Å². The fourth-order valence-electron chi connectivity index (χ4n) is 1.76. The van der Waals surface area contributed by atoms with Gasteiger partial charge in [-0.05, 0) is 30.9 Å². The molecule has 0 radical (unpaired) electrons. The van der Waals surface area contributed by atoms with E-state index in [1.54, 1.807) is 0 Å². The zero-order valence-corrected chi connectivity index (χ0v) is 11.1. The summed E-state index contributed by atoms with van der Waals surface area (Å²) in [6, 6.07) is 6.12. The average Bonchev–Trinajstić information content (AvgIpc) is 2.26. The minimum absolute atomic E-state index is 0.101. The van der Waals surface area contributed by atoms with E-state index in [9.17, 15) is 4.79 Å². The van der Waals surface area contributed by atoms with Crippen LogP contribution in [0.15, 0.2) is 18.2 Å². The summed E-state index contributed by atoms with van der Waals surface area (Å²) < 4.78 is 0. The Kier molecular flexibility index (Phi) is 4.52. The molecule has 1 aromatic carbocycles. The molecule has 1 atom stereocenters. The lowest BCUT2D eigenvalue weighted by atomic mass is 9.93. The average molecular weight is 269 g/mol. The highest BCUT2D eigenvalue weighted by Gasteiger charge is 2.18. The summed E-state index contributed by atoms with van der Waals surface area (Å²) in [6.45, 7) is 6.06. The molecule has 82 valence electrons. The first-order chi connectivity index (χ1) is 7.11. The number of aryl methyl sites for hydroxylation is 2. The third-order valence-corrected chi connectivity index (χ3v) is 3.02. The van der Waals surface area contributed by atoms with E-state index < -0.39 is 0 Å². The lowest BCUT2D eigenvalue weighted by molar-refractivity contribution is 0.0994. The smallest absolute Gasteiger partial charge is 0.176 e. The molecule has 1 aromatic rings. The van der Waals surface area contributed by atoms with Crippen LogP contribution in [0.1, 0.15) is 42.3 Å². The maximum atomic E-state index is 12.1. The molecule has 0 aliphatic heterocycles. The van der Waals surface area contributed by atoms with Crippen molar-refractivity contribution in [3.63, 3.8) is 0 Å². The molecule has 0 aromatic heterocycles. The molecule has 1 nitrogen and oxygen atoms in total. The van der Waals surface area contributed by atoms with E-state index in [-0.39, 0.29) is 10.6 Å². The third-order valence-electron chi connectivity index (χ3n) is 2.61. The monoisotopic (exact) mass is 268 g/mol. The summed E-state index contributed by atoms with van der Waals surface area (Å²) in [6.07, 6.45) is 1.82. The van der Waals surface area contributed by atoms with Crippen molar-refractivity contribution in [3.05, 3.63) is 34.9 Å². The highest BCUT2D eigenvalue weighted by Crippen LogP contribution is 2.20. The molecule has 0 spiro atoms. The second-order valence-electron chi connectivity index (χ2n) is 3.64. The van der Waals surface area contributed by atoms with Gasteiger partial charge < -0.3 is 0 Å². The number of ketones is 1. The van der Waals surface area contributed by atoms with Crippen LogP contribution in [-0.4, -0.2) is 10.6 Å². The molecule has 0 aliphatic carbocycles. The maximum absolute atomic E-state index is 12.1. The van der Waals surface area contributed by atoms with Crippen molar-refractivity contribution in [3.8, 4) is 0 Å². The number of alkyl halides is 1. The fraction of sp³-hybridized carbons (Fsp3) is 0.462.